The molecule has 1 saturated heterocycles. The molecule has 2 heterocycles. The minimum absolute atomic E-state index is 0.00738. The van der Waals surface area contributed by atoms with Crippen molar-refractivity contribution in [3.05, 3.63) is 50.8 Å². The van der Waals surface area contributed by atoms with Crippen molar-refractivity contribution >= 4 is 50.5 Å². The van der Waals surface area contributed by atoms with Crippen molar-refractivity contribution < 1.29 is 13.2 Å². The van der Waals surface area contributed by atoms with Crippen molar-refractivity contribution in [1.82, 2.24) is 9.21 Å². The molecule has 10 heteroatoms. The Bertz CT molecular complexity index is 1010. The normalized spacial score (nSPS) is 17.5. The lowest BCUT2D eigenvalue weighted by Crippen LogP contribution is -2.42. The van der Waals surface area contributed by atoms with Crippen LogP contribution in [0.5, 0.6) is 0 Å². The summed E-state index contributed by atoms with van der Waals surface area (Å²) in [4.78, 5) is 14.4. The third-order valence-electron chi connectivity index (χ3n) is 4.39. The number of sulfonamides is 1. The van der Waals surface area contributed by atoms with Crippen molar-refractivity contribution in [2.45, 2.75) is 23.2 Å². The monoisotopic (exact) mass is 443 g/mol. The van der Waals surface area contributed by atoms with Crippen molar-refractivity contribution in [1.29, 1.82) is 5.26 Å². The molecule has 2 aromatic rings. The first kappa shape index (κ1) is 20.1. The SMILES string of the molecule is CN([C@H]1CCN(Cc2cccc(C#N)c2)C1=O)S(=O)(=O)c1cc(Cl)c(Cl)s1. The summed E-state index contributed by atoms with van der Waals surface area (Å²) < 4.78 is 26.9. The number of hydrogen-bond donors (Lipinski definition) is 0. The van der Waals surface area contributed by atoms with Gasteiger partial charge in [0.1, 0.15) is 14.6 Å². The molecule has 1 aliphatic rings. The fourth-order valence-corrected chi connectivity index (χ4v) is 6.35. The molecule has 1 atom stereocenters. The number of halogens is 2. The second-order valence-electron chi connectivity index (χ2n) is 6.08. The first-order valence-corrected chi connectivity index (χ1v) is 11.0. The Hall–Kier alpha value is -1.63. The lowest BCUT2D eigenvalue weighted by atomic mass is 10.1. The van der Waals surface area contributed by atoms with E-state index in [1.165, 1.54) is 13.1 Å². The van der Waals surface area contributed by atoms with Gasteiger partial charge in [-0.05, 0) is 30.2 Å². The van der Waals surface area contributed by atoms with Crippen molar-refractivity contribution in [3.63, 3.8) is 0 Å². The quantitative estimate of drug-likeness (QED) is 0.709. The van der Waals surface area contributed by atoms with Gasteiger partial charge in [-0.15, -0.1) is 11.3 Å². The van der Waals surface area contributed by atoms with E-state index in [9.17, 15) is 13.2 Å². The number of benzene rings is 1. The minimum Gasteiger partial charge on any atom is -0.337 e. The maximum atomic E-state index is 12.8. The second kappa shape index (κ2) is 7.78. The zero-order valence-electron chi connectivity index (χ0n) is 14.2. The minimum atomic E-state index is -3.87. The van der Waals surface area contributed by atoms with E-state index in [0.717, 1.165) is 21.2 Å². The largest absolute Gasteiger partial charge is 0.337 e. The van der Waals surface area contributed by atoms with Gasteiger partial charge in [0.2, 0.25) is 5.91 Å². The van der Waals surface area contributed by atoms with Crippen molar-refractivity contribution in [2.75, 3.05) is 13.6 Å². The molecule has 27 heavy (non-hydrogen) atoms. The molecule has 0 bridgehead atoms. The van der Waals surface area contributed by atoms with E-state index in [4.69, 9.17) is 28.5 Å². The summed E-state index contributed by atoms with van der Waals surface area (Å²) in [5.74, 6) is -0.266. The van der Waals surface area contributed by atoms with Crippen LogP contribution in [-0.4, -0.2) is 43.2 Å². The van der Waals surface area contributed by atoms with Gasteiger partial charge in [-0.25, -0.2) is 8.42 Å². The average Bonchev–Trinajstić information content (AvgIpc) is 3.17. The first-order valence-electron chi connectivity index (χ1n) is 7.94. The highest BCUT2D eigenvalue weighted by molar-refractivity contribution is 7.91. The number of thiophene rings is 1. The number of likely N-dealkylation sites (tertiary alicyclic amines) is 1. The number of likely N-dealkylation sites (N-methyl/N-ethyl adjacent to an activating group) is 1. The van der Waals surface area contributed by atoms with E-state index in [2.05, 4.69) is 6.07 Å². The summed E-state index contributed by atoms with van der Waals surface area (Å²) in [5, 5.41) is 9.16. The predicted octanol–water partition coefficient (Wildman–Crippen LogP) is 3.35. The molecule has 1 fully saturated rings. The number of hydrogen-bond acceptors (Lipinski definition) is 5. The van der Waals surface area contributed by atoms with Crippen LogP contribution in [0.1, 0.15) is 17.5 Å². The zero-order valence-corrected chi connectivity index (χ0v) is 17.4. The maximum absolute atomic E-state index is 12.8. The highest BCUT2D eigenvalue weighted by Crippen LogP contribution is 2.36. The predicted molar refractivity (Wildman–Crippen MR) is 104 cm³/mol. The fraction of sp³-hybridized carbons (Fsp3) is 0.294. The Morgan fingerprint density at radius 1 is 1.37 bits per heavy atom. The van der Waals surface area contributed by atoms with E-state index in [1.54, 1.807) is 23.1 Å². The summed E-state index contributed by atoms with van der Waals surface area (Å²) >= 11 is 12.6. The Kier molecular flexibility index (Phi) is 5.79. The van der Waals surface area contributed by atoms with Crippen LogP contribution in [0.25, 0.3) is 0 Å². The van der Waals surface area contributed by atoms with E-state index < -0.39 is 16.1 Å². The van der Waals surface area contributed by atoms with Gasteiger partial charge in [0, 0.05) is 20.1 Å². The third kappa shape index (κ3) is 3.98. The highest BCUT2D eigenvalue weighted by Gasteiger charge is 2.40. The smallest absolute Gasteiger partial charge is 0.253 e. The molecule has 0 N–H and O–H groups in total. The molecule has 1 aromatic heterocycles. The van der Waals surface area contributed by atoms with Crippen LogP contribution >= 0.6 is 34.5 Å². The van der Waals surface area contributed by atoms with E-state index in [0.29, 0.717) is 25.1 Å². The third-order valence-corrected chi connectivity index (χ3v) is 8.57. The van der Waals surface area contributed by atoms with E-state index >= 15 is 0 Å². The van der Waals surface area contributed by atoms with Crippen LogP contribution in [0, 0.1) is 11.3 Å². The van der Waals surface area contributed by atoms with Crippen LogP contribution < -0.4 is 0 Å². The molecule has 0 unspecified atom stereocenters. The maximum Gasteiger partial charge on any atom is 0.253 e. The number of carbonyl (C=O) groups excluding carboxylic acids is 1. The van der Waals surface area contributed by atoms with Gasteiger partial charge in [0.25, 0.3) is 10.0 Å². The van der Waals surface area contributed by atoms with Gasteiger partial charge in [-0.1, -0.05) is 35.3 Å². The van der Waals surface area contributed by atoms with Gasteiger partial charge in [0.15, 0.2) is 0 Å². The molecule has 0 aliphatic carbocycles. The summed E-state index contributed by atoms with van der Waals surface area (Å²) in [6.07, 6.45) is 0.388. The van der Waals surface area contributed by atoms with Crippen LogP contribution in [0.15, 0.2) is 34.5 Å². The number of rotatable bonds is 5. The standard InChI is InChI=1S/C17H15Cl2N3O3S2/c1-21(27(24,25)15-8-13(18)16(19)26-15)14-5-6-22(17(14)23)10-12-4-2-3-11(7-12)9-20/h2-4,7-8,14H,5-6,10H2,1H3/t14-/m0/s1. The van der Waals surface area contributed by atoms with Crippen molar-refractivity contribution in [2.24, 2.45) is 0 Å². The summed E-state index contributed by atoms with van der Waals surface area (Å²) in [6.45, 7) is 0.765. The summed E-state index contributed by atoms with van der Waals surface area (Å²) in [7, 11) is -2.48. The van der Waals surface area contributed by atoms with Gasteiger partial charge < -0.3 is 4.90 Å². The van der Waals surface area contributed by atoms with Crippen molar-refractivity contribution in [3.8, 4) is 6.07 Å². The zero-order chi connectivity index (χ0) is 19.8. The molecule has 0 saturated carbocycles. The van der Waals surface area contributed by atoms with Crippen LogP contribution in [0.4, 0.5) is 0 Å². The van der Waals surface area contributed by atoms with Gasteiger partial charge in [-0.3, -0.25) is 4.79 Å². The summed E-state index contributed by atoms with van der Waals surface area (Å²) in [5.41, 5.74) is 1.34. The Balaban J connectivity index is 1.76. The Labute approximate surface area is 171 Å². The number of nitriles is 1. The molecule has 6 nitrogen and oxygen atoms in total. The molecule has 1 amide bonds. The second-order valence-corrected chi connectivity index (χ2v) is 10.4. The van der Waals surface area contributed by atoms with E-state index in [-0.39, 0.29) is 19.5 Å². The van der Waals surface area contributed by atoms with Gasteiger partial charge >= 0.3 is 0 Å². The molecule has 0 spiro atoms. The Morgan fingerprint density at radius 2 is 2.11 bits per heavy atom. The van der Waals surface area contributed by atoms with Crippen LogP contribution in [0.2, 0.25) is 9.36 Å². The molecule has 0 radical (unpaired) electrons. The fourth-order valence-electron chi connectivity index (χ4n) is 2.94. The molecule has 1 aliphatic heterocycles. The number of amides is 1. The summed E-state index contributed by atoms with van der Waals surface area (Å²) in [6, 6.07) is 9.57. The van der Waals surface area contributed by atoms with Gasteiger partial charge in [-0.2, -0.15) is 9.57 Å². The molecule has 3 rings (SSSR count). The van der Waals surface area contributed by atoms with Crippen LogP contribution in [-0.2, 0) is 21.4 Å². The topological polar surface area (TPSA) is 81.5 Å². The van der Waals surface area contributed by atoms with Gasteiger partial charge in [0.05, 0.1) is 16.7 Å². The number of carbonyl (C=O) groups is 1. The highest BCUT2D eigenvalue weighted by atomic mass is 35.5. The number of nitrogens with zero attached hydrogens (tertiary/aromatic N) is 3. The lowest BCUT2D eigenvalue weighted by Gasteiger charge is -2.23. The molecular weight excluding hydrogens is 429 g/mol. The Morgan fingerprint density at radius 3 is 2.74 bits per heavy atom. The first-order chi connectivity index (χ1) is 12.7. The molecular formula is C17H15Cl2N3O3S2. The average molecular weight is 444 g/mol. The van der Waals surface area contributed by atoms with E-state index in [1.807, 2.05) is 6.07 Å². The van der Waals surface area contributed by atoms with Crippen LogP contribution in [0.3, 0.4) is 0 Å². The molecule has 1 aromatic carbocycles. The lowest BCUT2D eigenvalue weighted by molar-refractivity contribution is -0.131. The molecule has 142 valence electrons.